The zero-order valence-corrected chi connectivity index (χ0v) is 5.82. The van der Waals surface area contributed by atoms with E-state index in [-0.39, 0.29) is 6.61 Å². The maximum absolute atomic E-state index is 8.53. The maximum atomic E-state index is 8.53. The van der Waals surface area contributed by atoms with Crippen molar-refractivity contribution in [3.05, 3.63) is 12.6 Å². The minimum atomic E-state index is 0.122. The summed E-state index contributed by atoms with van der Waals surface area (Å²) in [5.41, 5.74) is 0. The molecular formula is C6H10N2O2. The summed E-state index contributed by atoms with van der Waals surface area (Å²) in [6.07, 6.45) is 2.97. The van der Waals surface area contributed by atoms with Crippen molar-refractivity contribution in [1.82, 2.24) is 4.98 Å². The highest BCUT2D eigenvalue weighted by Crippen LogP contribution is 2.08. The number of oxazole rings is 1. The van der Waals surface area contributed by atoms with Gasteiger partial charge in [0.2, 0.25) is 5.88 Å². The van der Waals surface area contributed by atoms with Crippen LogP contribution in [0.4, 0.5) is 5.88 Å². The van der Waals surface area contributed by atoms with Crippen molar-refractivity contribution >= 4 is 5.88 Å². The minimum absolute atomic E-state index is 0.122. The predicted molar refractivity (Wildman–Crippen MR) is 36.9 cm³/mol. The third kappa shape index (κ3) is 1.48. The first-order chi connectivity index (χ1) is 4.84. The lowest BCUT2D eigenvalue weighted by molar-refractivity contribution is 0.302. The second-order valence-electron chi connectivity index (χ2n) is 1.98. The van der Waals surface area contributed by atoms with Crippen LogP contribution in [-0.4, -0.2) is 30.3 Å². The first kappa shape index (κ1) is 7.08. The van der Waals surface area contributed by atoms with Crippen molar-refractivity contribution in [2.24, 2.45) is 0 Å². The first-order valence-electron chi connectivity index (χ1n) is 3.05. The monoisotopic (exact) mass is 142 g/mol. The molecule has 0 aliphatic carbocycles. The maximum Gasteiger partial charge on any atom is 0.215 e. The van der Waals surface area contributed by atoms with E-state index in [1.807, 2.05) is 7.05 Å². The van der Waals surface area contributed by atoms with Crippen molar-refractivity contribution in [2.75, 3.05) is 25.1 Å². The molecule has 0 spiro atoms. The van der Waals surface area contributed by atoms with Crippen LogP contribution >= 0.6 is 0 Å². The lowest BCUT2D eigenvalue weighted by Crippen LogP contribution is -2.20. The second kappa shape index (κ2) is 3.22. The molecule has 0 unspecified atom stereocenters. The van der Waals surface area contributed by atoms with Crippen LogP contribution in [0.5, 0.6) is 0 Å². The Bertz CT molecular complexity index is 174. The zero-order valence-electron chi connectivity index (χ0n) is 5.82. The van der Waals surface area contributed by atoms with E-state index < -0.39 is 0 Å². The number of likely N-dealkylation sites (N-methyl/N-ethyl adjacent to an activating group) is 1. The molecule has 1 heterocycles. The molecule has 0 aromatic carbocycles. The van der Waals surface area contributed by atoms with Gasteiger partial charge in [-0.2, -0.15) is 0 Å². The Balaban J connectivity index is 2.50. The minimum Gasteiger partial charge on any atom is -0.428 e. The lowest BCUT2D eigenvalue weighted by Gasteiger charge is -2.11. The summed E-state index contributed by atoms with van der Waals surface area (Å²) in [6.45, 7) is 0.687. The fourth-order valence-electron chi connectivity index (χ4n) is 0.658. The van der Waals surface area contributed by atoms with Gasteiger partial charge in [0.05, 0.1) is 12.8 Å². The molecule has 0 amide bonds. The highest BCUT2D eigenvalue weighted by atomic mass is 16.4. The summed E-state index contributed by atoms with van der Waals surface area (Å²) >= 11 is 0. The molecular weight excluding hydrogens is 132 g/mol. The molecule has 1 aromatic heterocycles. The Labute approximate surface area is 59.1 Å². The third-order valence-electron chi connectivity index (χ3n) is 1.23. The Morgan fingerprint density at radius 3 is 3.10 bits per heavy atom. The number of aliphatic hydroxyl groups excluding tert-OH is 1. The van der Waals surface area contributed by atoms with Gasteiger partial charge in [0.15, 0.2) is 6.39 Å². The van der Waals surface area contributed by atoms with Crippen LogP contribution in [0.25, 0.3) is 0 Å². The van der Waals surface area contributed by atoms with E-state index in [9.17, 15) is 0 Å². The number of hydrogen-bond acceptors (Lipinski definition) is 4. The smallest absolute Gasteiger partial charge is 0.215 e. The Kier molecular flexibility index (Phi) is 2.28. The van der Waals surface area contributed by atoms with E-state index in [0.29, 0.717) is 12.4 Å². The number of rotatable bonds is 3. The van der Waals surface area contributed by atoms with Crippen molar-refractivity contribution in [3.8, 4) is 0 Å². The Hall–Kier alpha value is -1.03. The van der Waals surface area contributed by atoms with Gasteiger partial charge in [-0.3, -0.25) is 0 Å². The Morgan fingerprint density at radius 2 is 2.60 bits per heavy atom. The van der Waals surface area contributed by atoms with Gasteiger partial charge in [0.25, 0.3) is 0 Å². The van der Waals surface area contributed by atoms with Crippen LogP contribution in [0.1, 0.15) is 0 Å². The fraction of sp³-hybridized carbons (Fsp3) is 0.500. The average molecular weight is 142 g/mol. The van der Waals surface area contributed by atoms with Crippen molar-refractivity contribution in [1.29, 1.82) is 0 Å². The van der Waals surface area contributed by atoms with E-state index in [1.54, 1.807) is 11.1 Å². The van der Waals surface area contributed by atoms with Crippen LogP contribution in [-0.2, 0) is 0 Å². The molecule has 0 saturated heterocycles. The zero-order chi connectivity index (χ0) is 7.40. The largest absolute Gasteiger partial charge is 0.428 e. The van der Waals surface area contributed by atoms with Crippen molar-refractivity contribution in [3.63, 3.8) is 0 Å². The van der Waals surface area contributed by atoms with Gasteiger partial charge in [0, 0.05) is 13.6 Å². The molecule has 0 aliphatic rings. The summed E-state index contributed by atoms with van der Waals surface area (Å²) in [6, 6.07) is 0. The number of anilines is 1. The summed E-state index contributed by atoms with van der Waals surface area (Å²) in [7, 11) is 1.83. The van der Waals surface area contributed by atoms with Crippen LogP contribution in [0, 0.1) is 0 Å². The normalized spacial score (nSPS) is 9.80. The van der Waals surface area contributed by atoms with Crippen LogP contribution in [0.2, 0.25) is 0 Å². The van der Waals surface area contributed by atoms with Gasteiger partial charge < -0.3 is 14.4 Å². The molecule has 0 bridgehead atoms. The predicted octanol–water partition coefficient (Wildman–Crippen LogP) is 0.103. The van der Waals surface area contributed by atoms with E-state index in [4.69, 9.17) is 9.52 Å². The van der Waals surface area contributed by atoms with Crippen LogP contribution in [0.3, 0.4) is 0 Å². The van der Waals surface area contributed by atoms with E-state index in [1.165, 1.54) is 6.39 Å². The summed E-state index contributed by atoms with van der Waals surface area (Å²) in [5.74, 6) is 0.675. The van der Waals surface area contributed by atoms with Crippen LogP contribution in [0.15, 0.2) is 17.0 Å². The Morgan fingerprint density at radius 1 is 1.80 bits per heavy atom. The highest BCUT2D eigenvalue weighted by Gasteiger charge is 2.00. The summed E-state index contributed by atoms with van der Waals surface area (Å²) in [4.78, 5) is 5.52. The molecule has 4 heteroatoms. The fourth-order valence-corrected chi connectivity index (χ4v) is 0.658. The first-order valence-corrected chi connectivity index (χ1v) is 3.05. The molecule has 0 radical (unpaired) electrons. The number of hydrogen-bond donors (Lipinski definition) is 1. The molecule has 1 N–H and O–H groups in total. The van der Waals surface area contributed by atoms with Gasteiger partial charge in [-0.05, 0) is 0 Å². The third-order valence-corrected chi connectivity index (χ3v) is 1.23. The molecule has 0 fully saturated rings. The summed E-state index contributed by atoms with van der Waals surface area (Å²) < 4.78 is 4.95. The molecule has 56 valence electrons. The van der Waals surface area contributed by atoms with Gasteiger partial charge >= 0.3 is 0 Å². The summed E-state index contributed by atoms with van der Waals surface area (Å²) in [5, 5.41) is 8.53. The number of aliphatic hydroxyl groups is 1. The van der Waals surface area contributed by atoms with Crippen molar-refractivity contribution < 1.29 is 9.52 Å². The van der Waals surface area contributed by atoms with Gasteiger partial charge in [-0.15, -0.1) is 0 Å². The number of nitrogens with zero attached hydrogens (tertiary/aromatic N) is 2. The SMILES string of the molecule is CN(CCO)c1cnco1. The topological polar surface area (TPSA) is 49.5 Å². The quantitative estimate of drug-likeness (QED) is 0.650. The van der Waals surface area contributed by atoms with Gasteiger partial charge in [-0.1, -0.05) is 0 Å². The lowest BCUT2D eigenvalue weighted by atomic mass is 10.6. The highest BCUT2D eigenvalue weighted by molar-refractivity contribution is 5.29. The van der Waals surface area contributed by atoms with Crippen molar-refractivity contribution in [2.45, 2.75) is 0 Å². The molecule has 1 rings (SSSR count). The van der Waals surface area contributed by atoms with E-state index in [2.05, 4.69) is 4.98 Å². The molecule has 10 heavy (non-hydrogen) atoms. The average Bonchev–Trinajstić information content (AvgIpc) is 2.38. The number of aromatic nitrogens is 1. The molecule has 0 aliphatic heterocycles. The van der Waals surface area contributed by atoms with Gasteiger partial charge in [-0.25, -0.2) is 4.98 Å². The molecule has 4 nitrogen and oxygen atoms in total. The van der Waals surface area contributed by atoms with Gasteiger partial charge in [0.1, 0.15) is 0 Å². The van der Waals surface area contributed by atoms with Crippen LogP contribution < -0.4 is 4.90 Å². The molecule has 1 aromatic rings. The second-order valence-corrected chi connectivity index (χ2v) is 1.98. The van der Waals surface area contributed by atoms with E-state index >= 15 is 0 Å². The standard InChI is InChI=1S/C6H10N2O2/c1-8(2-3-9)6-4-7-5-10-6/h4-5,9H,2-3H2,1H3. The van der Waals surface area contributed by atoms with E-state index in [0.717, 1.165) is 0 Å². The molecule has 0 atom stereocenters. The molecule has 0 saturated carbocycles.